The number of urea groups is 1. The molecule has 2 aromatic heterocycles. The molecule has 1 atom stereocenters. The van der Waals surface area contributed by atoms with E-state index < -0.39 is 0 Å². The number of amides is 2. The molecule has 0 aliphatic carbocycles. The molecule has 3 heterocycles. The topological polar surface area (TPSA) is 37.3 Å². The molecule has 1 aromatic carbocycles. The van der Waals surface area contributed by atoms with Gasteiger partial charge in [0.2, 0.25) is 0 Å². The summed E-state index contributed by atoms with van der Waals surface area (Å²) in [6.07, 6.45) is 2.08. The maximum atomic E-state index is 12.8. The Hall–Kier alpha value is -2.53. The highest BCUT2D eigenvalue weighted by Gasteiger charge is 2.32. The molecule has 0 saturated carbocycles. The van der Waals surface area contributed by atoms with E-state index in [0.29, 0.717) is 6.54 Å². The normalized spacial score (nSPS) is 16.9. The Bertz CT molecular complexity index is 795. The molecule has 0 fully saturated rings. The minimum atomic E-state index is -0.0556. The summed E-state index contributed by atoms with van der Waals surface area (Å²) < 4.78 is 2.23. The number of aromatic nitrogens is 1. The number of anilines is 1. The number of thiophene rings is 1. The van der Waals surface area contributed by atoms with Crippen LogP contribution in [0.15, 0.2) is 66.2 Å². The van der Waals surface area contributed by atoms with Crippen LogP contribution >= 0.6 is 11.3 Å². The molecular weight excluding hydrogens is 306 g/mol. The van der Waals surface area contributed by atoms with Crippen LogP contribution in [-0.2, 0) is 6.54 Å². The molecule has 5 heteroatoms. The van der Waals surface area contributed by atoms with Crippen molar-refractivity contribution in [3.63, 3.8) is 0 Å². The molecule has 0 saturated heterocycles. The van der Waals surface area contributed by atoms with Crippen LogP contribution in [0, 0.1) is 0 Å². The standard InChI is InChI=1S/C18H17N3OS/c22-18(19-16-9-5-13-23-16)21-12-11-20-10-4-8-15(20)17(21)14-6-2-1-3-7-14/h1-10,13,17H,11-12H2,(H,19,22)/t17-/m1/s1. The zero-order valence-corrected chi connectivity index (χ0v) is 13.4. The molecule has 0 bridgehead atoms. The number of hydrogen-bond acceptors (Lipinski definition) is 2. The van der Waals surface area contributed by atoms with Crippen molar-refractivity contribution >= 4 is 22.4 Å². The first-order valence-electron chi connectivity index (χ1n) is 7.64. The first-order valence-corrected chi connectivity index (χ1v) is 8.52. The van der Waals surface area contributed by atoms with Crippen LogP contribution in [0.2, 0.25) is 0 Å². The maximum absolute atomic E-state index is 12.8. The number of nitrogens with zero attached hydrogens (tertiary/aromatic N) is 2. The summed E-state index contributed by atoms with van der Waals surface area (Å²) in [6.45, 7) is 1.52. The number of benzene rings is 1. The van der Waals surface area contributed by atoms with Gasteiger partial charge in [0.25, 0.3) is 0 Å². The van der Waals surface area contributed by atoms with E-state index >= 15 is 0 Å². The molecule has 1 aliphatic heterocycles. The fourth-order valence-electron chi connectivity index (χ4n) is 3.12. The van der Waals surface area contributed by atoms with Gasteiger partial charge in [0, 0.05) is 25.0 Å². The van der Waals surface area contributed by atoms with Crippen molar-refractivity contribution in [1.82, 2.24) is 9.47 Å². The number of rotatable bonds is 2. The van der Waals surface area contributed by atoms with Crippen molar-refractivity contribution in [2.45, 2.75) is 12.6 Å². The van der Waals surface area contributed by atoms with Crippen LogP contribution in [0.4, 0.5) is 9.80 Å². The Morgan fingerprint density at radius 2 is 1.91 bits per heavy atom. The second-order valence-corrected chi connectivity index (χ2v) is 6.49. The van der Waals surface area contributed by atoms with Gasteiger partial charge >= 0.3 is 6.03 Å². The van der Waals surface area contributed by atoms with Gasteiger partial charge in [0.15, 0.2) is 0 Å². The zero-order valence-electron chi connectivity index (χ0n) is 12.6. The summed E-state index contributed by atoms with van der Waals surface area (Å²) in [5.74, 6) is 0. The predicted octanol–water partition coefficient (Wildman–Crippen LogP) is 4.19. The largest absolute Gasteiger partial charge is 0.348 e. The van der Waals surface area contributed by atoms with Gasteiger partial charge in [-0.05, 0) is 35.2 Å². The fourth-order valence-corrected chi connectivity index (χ4v) is 3.72. The molecule has 116 valence electrons. The monoisotopic (exact) mass is 323 g/mol. The third-order valence-corrected chi connectivity index (χ3v) is 4.95. The SMILES string of the molecule is O=C(Nc1cccs1)N1CCn2cccc2[C@H]1c1ccccc1. The molecule has 0 unspecified atom stereocenters. The van der Waals surface area contributed by atoms with Crippen LogP contribution < -0.4 is 5.32 Å². The van der Waals surface area contributed by atoms with Crippen molar-refractivity contribution in [2.75, 3.05) is 11.9 Å². The maximum Gasteiger partial charge on any atom is 0.323 e. The molecule has 3 aromatic rings. The summed E-state index contributed by atoms with van der Waals surface area (Å²) >= 11 is 1.54. The minimum absolute atomic E-state index is 0.0475. The molecule has 23 heavy (non-hydrogen) atoms. The van der Waals surface area contributed by atoms with Crippen molar-refractivity contribution in [2.24, 2.45) is 0 Å². The number of fused-ring (bicyclic) bond motifs is 1. The average Bonchev–Trinajstić information content (AvgIpc) is 3.25. The first-order chi connectivity index (χ1) is 11.3. The molecular formula is C18H17N3OS. The van der Waals surface area contributed by atoms with Gasteiger partial charge in [-0.25, -0.2) is 4.79 Å². The lowest BCUT2D eigenvalue weighted by molar-refractivity contribution is 0.182. The van der Waals surface area contributed by atoms with Crippen LogP contribution in [0.25, 0.3) is 0 Å². The van der Waals surface area contributed by atoms with Gasteiger partial charge < -0.3 is 9.47 Å². The van der Waals surface area contributed by atoms with Crippen molar-refractivity contribution < 1.29 is 4.79 Å². The highest BCUT2D eigenvalue weighted by atomic mass is 32.1. The van der Waals surface area contributed by atoms with E-state index in [-0.39, 0.29) is 12.1 Å². The Kier molecular flexibility index (Phi) is 3.63. The Balaban J connectivity index is 1.69. The van der Waals surface area contributed by atoms with Crippen LogP contribution in [0.5, 0.6) is 0 Å². The second-order valence-electron chi connectivity index (χ2n) is 5.54. The lowest BCUT2D eigenvalue weighted by Crippen LogP contribution is -2.44. The average molecular weight is 323 g/mol. The van der Waals surface area contributed by atoms with E-state index in [1.807, 2.05) is 46.7 Å². The van der Waals surface area contributed by atoms with E-state index in [4.69, 9.17) is 0 Å². The van der Waals surface area contributed by atoms with Gasteiger partial charge in [0.05, 0.1) is 11.0 Å². The molecule has 2 amide bonds. The predicted molar refractivity (Wildman–Crippen MR) is 92.8 cm³/mol. The van der Waals surface area contributed by atoms with Gasteiger partial charge in [0.1, 0.15) is 0 Å². The van der Waals surface area contributed by atoms with Crippen LogP contribution in [0.1, 0.15) is 17.3 Å². The number of nitrogens with one attached hydrogen (secondary N) is 1. The highest BCUT2D eigenvalue weighted by molar-refractivity contribution is 7.14. The minimum Gasteiger partial charge on any atom is -0.348 e. The molecule has 0 spiro atoms. The first kappa shape index (κ1) is 14.1. The van der Waals surface area contributed by atoms with Gasteiger partial charge in [-0.2, -0.15) is 0 Å². The fraction of sp³-hybridized carbons (Fsp3) is 0.167. The summed E-state index contributed by atoms with van der Waals surface area (Å²) in [4.78, 5) is 14.7. The van der Waals surface area contributed by atoms with Gasteiger partial charge in [-0.3, -0.25) is 5.32 Å². The van der Waals surface area contributed by atoms with Crippen LogP contribution in [-0.4, -0.2) is 22.0 Å². The number of carbonyl (C=O) groups excluding carboxylic acids is 1. The summed E-state index contributed by atoms with van der Waals surface area (Å²) in [6, 6.07) is 18.1. The van der Waals surface area contributed by atoms with Gasteiger partial charge in [-0.15, -0.1) is 11.3 Å². The van der Waals surface area contributed by atoms with E-state index in [1.165, 1.54) is 11.3 Å². The molecule has 1 N–H and O–H groups in total. The van der Waals surface area contributed by atoms with Crippen molar-refractivity contribution in [3.8, 4) is 0 Å². The lowest BCUT2D eigenvalue weighted by Gasteiger charge is -2.37. The van der Waals surface area contributed by atoms with E-state index in [2.05, 4.69) is 34.3 Å². The van der Waals surface area contributed by atoms with E-state index in [9.17, 15) is 4.79 Å². The number of hydrogen-bond donors (Lipinski definition) is 1. The quantitative estimate of drug-likeness (QED) is 0.754. The molecule has 4 nitrogen and oxygen atoms in total. The highest BCUT2D eigenvalue weighted by Crippen LogP contribution is 2.33. The smallest absolute Gasteiger partial charge is 0.323 e. The summed E-state index contributed by atoms with van der Waals surface area (Å²) in [7, 11) is 0. The third-order valence-electron chi connectivity index (χ3n) is 4.17. The van der Waals surface area contributed by atoms with Crippen LogP contribution in [0.3, 0.4) is 0 Å². The third kappa shape index (κ3) is 2.64. The van der Waals surface area contributed by atoms with E-state index in [1.54, 1.807) is 0 Å². The molecule has 1 aliphatic rings. The van der Waals surface area contributed by atoms with E-state index in [0.717, 1.165) is 22.8 Å². The summed E-state index contributed by atoms with van der Waals surface area (Å²) in [5.41, 5.74) is 2.29. The Morgan fingerprint density at radius 3 is 2.70 bits per heavy atom. The number of carbonyl (C=O) groups is 1. The zero-order chi connectivity index (χ0) is 15.6. The summed E-state index contributed by atoms with van der Waals surface area (Å²) in [5, 5.41) is 5.85. The second kappa shape index (κ2) is 5.93. The Labute approximate surface area is 139 Å². The molecule has 4 rings (SSSR count). The Morgan fingerprint density at radius 1 is 1.04 bits per heavy atom. The molecule has 0 radical (unpaired) electrons. The van der Waals surface area contributed by atoms with Crippen molar-refractivity contribution in [3.05, 3.63) is 77.4 Å². The lowest BCUT2D eigenvalue weighted by atomic mass is 10.0. The van der Waals surface area contributed by atoms with Crippen molar-refractivity contribution in [1.29, 1.82) is 0 Å². The van der Waals surface area contributed by atoms with Gasteiger partial charge in [-0.1, -0.05) is 30.3 Å².